The molecule has 8 heteroatoms. The second-order valence-corrected chi connectivity index (χ2v) is 7.89. The Morgan fingerprint density at radius 2 is 1.73 bits per heavy atom. The van der Waals surface area contributed by atoms with Crippen molar-refractivity contribution in [1.29, 1.82) is 0 Å². The molecule has 1 atom stereocenters. The first-order valence-corrected chi connectivity index (χ1v) is 10.5. The average Bonchev–Trinajstić information content (AvgIpc) is 2.98. The first-order valence-electron chi connectivity index (χ1n) is 9.43. The quantitative estimate of drug-likeness (QED) is 0.667. The average molecular weight is 426 g/mol. The second kappa shape index (κ2) is 8.31. The Balaban J connectivity index is 1.90. The molecular weight excluding hydrogens is 402 g/mol. The number of amides is 1. The highest BCUT2D eigenvalue weighted by Gasteiger charge is 2.32. The zero-order valence-corrected chi connectivity index (χ0v) is 18.1. The molecule has 0 fully saturated rings. The van der Waals surface area contributed by atoms with Gasteiger partial charge in [-0.2, -0.15) is 5.10 Å². The summed E-state index contributed by atoms with van der Waals surface area (Å²) in [6, 6.07) is 13.6. The molecule has 0 saturated carbocycles. The minimum atomic E-state index is -0.134. The van der Waals surface area contributed by atoms with Gasteiger partial charge in [0.05, 0.1) is 43.7 Å². The standard InChI is InChI=1S/C22H23N3O4S/c1-13-19-21(14-10-16(27-2)20(29-4)17(11-14)28-3)30-12-18(26)23-22(19)25(24-13)15-8-6-5-7-9-15/h5-11,21H,12H2,1-4H3,(H,23,26). The smallest absolute Gasteiger partial charge is 0.235 e. The molecule has 30 heavy (non-hydrogen) atoms. The van der Waals surface area contributed by atoms with Crippen LogP contribution in [0.1, 0.15) is 22.1 Å². The third kappa shape index (κ3) is 3.47. The van der Waals surface area contributed by atoms with Gasteiger partial charge in [-0.1, -0.05) is 18.2 Å². The molecule has 0 spiro atoms. The molecule has 0 bridgehead atoms. The van der Waals surface area contributed by atoms with E-state index in [-0.39, 0.29) is 11.2 Å². The fourth-order valence-corrected chi connectivity index (χ4v) is 4.82. The molecule has 2 aromatic carbocycles. The van der Waals surface area contributed by atoms with E-state index < -0.39 is 0 Å². The summed E-state index contributed by atoms with van der Waals surface area (Å²) < 4.78 is 18.3. The number of hydrogen-bond donors (Lipinski definition) is 1. The lowest BCUT2D eigenvalue weighted by molar-refractivity contribution is -0.113. The molecule has 1 N–H and O–H groups in total. The largest absolute Gasteiger partial charge is 0.493 e. The molecule has 0 saturated heterocycles. The number of benzene rings is 2. The second-order valence-electron chi connectivity index (χ2n) is 6.79. The Kier molecular flexibility index (Phi) is 5.59. The number of aryl methyl sites for hydroxylation is 1. The molecule has 4 rings (SSSR count). The Morgan fingerprint density at radius 3 is 2.33 bits per heavy atom. The third-order valence-electron chi connectivity index (χ3n) is 5.00. The molecule has 156 valence electrons. The maximum absolute atomic E-state index is 12.5. The van der Waals surface area contributed by atoms with Crippen molar-refractivity contribution in [2.24, 2.45) is 0 Å². The van der Waals surface area contributed by atoms with Crippen molar-refractivity contribution in [3.63, 3.8) is 0 Å². The molecule has 3 aromatic rings. The zero-order valence-electron chi connectivity index (χ0n) is 17.3. The molecule has 1 unspecified atom stereocenters. The van der Waals surface area contributed by atoms with Crippen molar-refractivity contribution in [1.82, 2.24) is 9.78 Å². The lowest BCUT2D eigenvalue weighted by atomic mass is 10.0. The number of carbonyl (C=O) groups excluding carboxylic acids is 1. The van der Waals surface area contributed by atoms with E-state index in [1.54, 1.807) is 37.8 Å². The van der Waals surface area contributed by atoms with Gasteiger partial charge in [-0.25, -0.2) is 4.68 Å². The first-order chi connectivity index (χ1) is 14.6. The molecule has 1 aliphatic heterocycles. The van der Waals surface area contributed by atoms with Crippen molar-refractivity contribution in [2.75, 3.05) is 32.4 Å². The van der Waals surface area contributed by atoms with Crippen molar-refractivity contribution < 1.29 is 19.0 Å². The van der Waals surface area contributed by atoms with Crippen LogP contribution in [0.4, 0.5) is 5.82 Å². The van der Waals surface area contributed by atoms with Gasteiger partial charge in [-0.05, 0) is 36.8 Å². The number of para-hydroxylation sites is 1. The van der Waals surface area contributed by atoms with Gasteiger partial charge in [0.15, 0.2) is 11.5 Å². The van der Waals surface area contributed by atoms with Gasteiger partial charge in [-0.3, -0.25) is 4.79 Å². The molecule has 0 aliphatic carbocycles. The number of nitrogens with one attached hydrogen (secondary N) is 1. The number of ether oxygens (including phenoxy) is 3. The summed E-state index contributed by atoms with van der Waals surface area (Å²) in [7, 11) is 4.77. The third-order valence-corrected chi connectivity index (χ3v) is 6.27. The van der Waals surface area contributed by atoms with Gasteiger partial charge in [0.1, 0.15) is 5.82 Å². The highest BCUT2D eigenvalue weighted by atomic mass is 32.2. The fraction of sp³-hybridized carbons (Fsp3) is 0.273. The number of thioether (sulfide) groups is 1. The summed E-state index contributed by atoms with van der Waals surface area (Å²) >= 11 is 1.55. The zero-order chi connectivity index (χ0) is 21.3. The predicted molar refractivity (Wildman–Crippen MR) is 117 cm³/mol. The molecule has 0 radical (unpaired) electrons. The van der Waals surface area contributed by atoms with Crippen molar-refractivity contribution in [3.05, 3.63) is 59.3 Å². The van der Waals surface area contributed by atoms with Crippen LogP contribution in [0.5, 0.6) is 17.2 Å². The SMILES string of the molecule is COc1cc(C2SCC(=O)Nc3c2c(C)nn3-c2ccccc2)cc(OC)c1OC. The highest BCUT2D eigenvalue weighted by Crippen LogP contribution is 2.48. The van der Waals surface area contributed by atoms with E-state index in [0.717, 1.165) is 22.5 Å². The van der Waals surface area contributed by atoms with Gasteiger partial charge in [0, 0.05) is 5.56 Å². The summed E-state index contributed by atoms with van der Waals surface area (Å²) in [5.41, 5.74) is 3.65. The van der Waals surface area contributed by atoms with Gasteiger partial charge in [0.25, 0.3) is 0 Å². The van der Waals surface area contributed by atoms with Crippen LogP contribution in [0.25, 0.3) is 5.69 Å². The Morgan fingerprint density at radius 1 is 1.07 bits per heavy atom. The monoisotopic (exact) mass is 425 g/mol. The van der Waals surface area contributed by atoms with E-state index in [0.29, 0.717) is 28.8 Å². The summed E-state index contributed by atoms with van der Waals surface area (Å²) in [5, 5.41) is 7.64. The number of methoxy groups -OCH3 is 3. The number of carbonyl (C=O) groups is 1. The van der Waals surface area contributed by atoms with E-state index in [1.807, 2.05) is 49.4 Å². The minimum absolute atomic E-state index is 0.0618. The number of rotatable bonds is 5. The van der Waals surface area contributed by atoms with E-state index in [2.05, 4.69) is 5.32 Å². The molecule has 7 nitrogen and oxygen atoms in total. The maximum Gasteiger partial charge on any atom is 0.235 e. The Bertz CT molecular complexity index is 1060. The van der Waals surface area contributed by atoms with Crippen LogP contribution in [-0.2, 0) is 4.79 Å². The summed E-state index contributed by atoms with van der Waals surface area (Å²) in [4.78, 5) is 12.5. The van der Waals surface area contributed by atoms with E-state index in [9.17, 15) is 4.79 Å². The van der Waals surface area contributed by atoms with Crippen LogP contribution < -0.4 is 19.5 Å². The number of aromatic nitrogens is 2. The van der Waals surface area contributed by atoms with Gasteiger partial charge < -0.3 is 19.5 Å². The summed E-state index contributed by atoms with van der Waals surface area (Å²) in [6.07, 6.45) is 0. The molecule has 1 amide bonds. The topological polar surface area (TPSA) is 74.6 Å². The van der Waals surface area contributed by atoms with Crippen LogP contribution in [0.15, 0.2) is 42.5 Å². The lowest BCUT2D eigenvalue weighted by Crippen LogP contribution is -2.15. The molecule has 1 aliphatic rings. The van der Waals surface area contributed by atoms with Crippen molar-refractivity contribution in [3.8, 4) is 22.9 Å². The summed E-state index contributed by atoms with van der Waals surface area (Å²) in [5.74, 6) is 2.63. The van der Waals surface area contributed by atoms with Gasteiger partial charge in [0.2, 0.25) is 11.7 Å². The van der Waals surface area contributed by atoms with E-state index >= 15 is 0 Å². The van der Waals surface area contributed by atoms with Crippen LogP contribution >= 0.6 is 11.8 Å². The van der Waals surface area contributed by atoms with Crippen LogP contribution in [0.2, 0.25) is 0 Å². The van der Waals surface area contributed by atoms with E-state index in [1.165, 1.54) is 0 Å². The predicted octanol–water partition coefficient (Wildman–Crippen LogP) is 3.98. The molecule has 2 heterocycles. The van der Waals surface area contributed by atoms with Crippen molar-refractivity contribution in [2.45, 2.75) is 12.2 Å². The number of hydrogen-bond acceptors (Lipinski definition) is 6. The highest BCUT2D eigenvalue weighted by molar-refractivity contribution is 8.00. The number of anilines is 1. The molecule has 1 aromatic heterocycles. The lowest BCUT2D eigenvalue weighted by Gasteiger charge is -2.19. The fourth-order valence-electron chi connectivity index (χ4n) is 3.66. The first kappa shape index (κ1) is 20.2. The Hall–Kier alpha value is -3.13. The Labute approximate surface area is 179 Å². The van der Waals surface area contributed by atoms with Crippen molar-refractivity contribution >= 4 is 23.5 Å². The summed E-state index contributed by atoms with van der Waals surface area (Å²) in [6.45, 7) is 1.96. The van der Waals surface area contributed by atoms with Gasteiger partial charge >= 0.3 is 0 Å². The van der Waals surface area contributed by atoms with Crippen LogP contribution in [-0.4, -0.2) is 42.8 Å². The van der Waals surface area contributed by atoms with E-state index in [4.69, 9.17) is 19.3 Å². The van der Waals surface area contributed by atoms with Gasteiger partial charge in [-0.15, -0.1) is 11.8 Å². The van der Waals surface area contributed by atoms with Crippen LogP contribution in [0.3, 0.4) is 0 Å². The maximum atomic E-state index is 12.5. The minimum Gasteiger partial charge on any atom is -0.493 e. The number of fused-ring (bicyclic) bond motifs is 1. The van der Waals surface area contributed by atoms with Crippen LogP contribution in [0, 0.1) is 6.92 Å². The number of nitrogens with zero attached hydrogens (tertiary/aromatic N) is 2. The molecular formula is C22H23N3O4S. The normalized spacial score (nSPS) is 15.7.